The van der Waals surface area contributed by atoms with Gasteiger partial charge in [0.1, 0.15) is 0 Å². The fourth-order valence-corrected chi connectivity index (χ4v) is 19.2. The fraction of sp³-hybridized carbons (Fsp3) is 0.351. The molecule has 6 aromatic rings. The van der Waals surface area contributed by atoms with Gasteiger partial charge < -0.3 is 0 Å². The van der Waals surface area contributed by atoms with Crippen molar-refractivity contribution < 1.29 is 0 Å². The lowest BCUT2D eigenvalue weighted by atomic mass is 9.22. The van der Waals surface area contributed by atoms with E-state index in [9.17, 15) is 0 Å². The van der Waals surface area contributed by atoms with Crippen LogP contribution >= 0.6 is 0 Å². The van der Waals surface area contributed by atoms with E-state index in [1.807, 2.05) is 41.5 Å². The molecule has 0 spiro atoms. The molecule has 8 aliphatic rings. The molecule has 0 nitrogen and oxygen atoms in total. The molecular formula is C74H66. The number of rotatable bonds is 7. The van der Waals surface area contributed by atoms with Gasteiger partial charge in [0.05, 0.1) is 0 Å². The molecule has 0 radical (unpaired) electrons. The molecule has 8 fully saturated rings. The van der Waals surface area contributed by atoms with Crippen molar-refractivity contribution in [2.75, 3.05) is 0 Å². The van der Waals surface area contributed by atoms with E-state index in [2.05, 4.69) is 217 Å². The minimum Gasteiger partial charge on any atom is -0.101 e. The van der Waals surface area contributed by atoms with Crippen LogP contribution in [-0.2, 0) is 32.5 Å². The van der Waals surface area contributed by atoms with Crippen LogP contribution in [0.4, 0.5) is 0 Å². The molecule has 8 bridgehead atoms. The van der Waals surface area contributed by atoms with Crippen molar-refractivity contribution in [3.63, 3.8) is 0 Å². The Bertz CT molecular complexity index is 3040. The number of hydrogen-bond donors (Lipinski definition) is 0. The van der Waals surface area contributed by atoms with Gasteiger partial charge in [-0.25, -0.2) is 0 Å². The van der Waals surface area contributed by atoms with E-state index in [0.717, 1.165) is 77.0 Å². The van der Waals surface area contributed by atoms with Crippen LogP contribution in [0.15, 0.2) is 146 Å². The SMILES string of the molecule is CC#Cc1ccccc1C12CC3(c4ccccc4C#CC)CC(c4ccccc4C#CC)(C1)CC(C14CC5(c6ccccc6C#CC)CC(c6ccccc6C#CC)(CC(c6ccccc6C#CC)(C5)C1)C4)(C2)C3. The maximum absolute atomic E-state index is 3.72. The second-order valence-electron chi connectivity index (χ2n) is 23.9. The first-order valence-corrected chi connectivity index (χ1v) is 27.2. The number of benzene rings is 6. The second-order valence-corrected chi connectivity index (χ2v) is 23.9. The lowest BCUT2D eigenvalue weighted by molar-refractivity contribution is -0.237. The van der Waals surface area contributed by atoms with Crippen molar-refractivity contribution in [2.24, 2.45) is 10.8 Å². The molecular weight excluding hydrogens is 889 g/mol. The standard InChI is InChI=1S/C74H66/c1-7-25-55-31-13-19-37-61(55)67-43-68(62-38-20-14-32-56(62)26-8-2)45-69(44-67,63-39-21-15-33-57(63)27-9-3)51-73(49-67,50-68)74-52-70(64-40-22-16-34-58(64)28-10-4)46-71(53-74,65-41-23-17-35-59(65)29-11-5)48-72(47-70,54-74)66-42-24-18-36-60(66)30-12-6/h13-24,31-42H,43-54H2,1-6H3. The van der Waals surface area contributed by atoms with Crippen molar-refractivity contribution in [2.45, 2.75) is 151 Å². The van der Waals surface area contributed by atoms with E-state index in [0.29, 0.717) is 0 Å². The highest BCUT2D eigenvalue weighted by Crippen LogP contribution is 2.86. The zero-order valence-corrected chi connectivity index (χ0v) is 44.3. The van der Waals surface area contributed by atoms with E-state index >= 15 is 0 Å². The minimum atomic E-state index is -0.200. The van der Waals surface area contributed by atoms with Crippen LogP contribution in [0.3, 0.4) is 0 Å². The average molecular weight is 955 g/mol. The van der Waals surface area contributed by atoms with Crippen molar-refractivity contribution in [3.8, 4) is 71.0 Å². The summed E-state index contributed by atoms with van der Waals surface area (Å²) in [5.41, 5.74) is 14.2. The molecule has 74 heavy (non-hydrogen) atoms. The Hall–Kier alpha value is -7.32. The molecule has 6 aromatic carbocycles. The smallest absolute Gasteiger partial charge is 0.0282 e. The Morgan fingerprint density at radius 3 is 0.514 bits per heavy atom. The van der Waals surface area contributed by atoms with Gasteiger partial charge in [0, 0.05) is 33.4 Å². The third-order valence-corrected chi connectivity index (χ3v) is 19.8. The third kappa shape index (κ3) is 6.99. The summed E-state index contributed by atoms with van der Waals surface area (Å²) >= 11 is 0. The van der Waals surface area contributed by atoms with E-state index in [-0.39, 0.29) is 43.3 Å². The molecule has 0 saturated heterocycles. The van der Waals surface area contributed by atoms with Crippen LogP contribution in [0.1, 0.15) is 185 Å². The Morgan fingerprint density at radius 1 is 0.216 bits per heavy atom. The predicted molar refractivity (Wildman–Crippen MR) is 304 cm³/mol. The molecule has 0 heteroatoms. The Kier molecular flexibility index (Phi) is 11.4. The summed E-state index contributed by atoms with van der Waals surface area (Å²) < 4.78 is 0. The zero-order valence-electron chi connectivity index (χ0n) is 44.3. The van der Waals surface area contributed by atoms with Gasteiger partial charge in [-0.15, -0.1) is 35.5 Å². The minimum absolute atomic E-state index is 0.140. The van der Waals surface area contributed by atoms with Gasteiger partial charge in [0.25, 0.3) is 0 Å². The molecule has 0 N–H and O–H groups in total. The van der Waals surface area contributed by atoms with E-state index < -0.39 is 0 Å². The summed E-state index contributed by atoms with van der Waals surface area (Å²) in [7, 11) is 0. The van der Waals surface area contributed by atoms with E-state index in [1.54, 1.807) is 0 Å². The molecule has 0 aliphatic heterocycles. The lowest BCUT2D eigenvalue weighted by Crippen LogP contribution is -2.75. The van der Waals surface area contributed by atoms with Gasteiger partial charge >= 0.3 is 0 Å². The lowest BCUT2D eigenvalue weighted by Gasteiger charge is -2.81. The highest BCUT2D eigenvalue weighted by Gasteiger charge is 2.79. The van der Waals surface area contributed by atoms with Crippen molar-refractivity contribution >= 4 is 0 Å². The summed E-state index contributed by atoms with van der Waals surface area (Å²) in [5, 5.41) is 0. The molecule has 0 atom stereocenters. The molecule has 0 unspecified atom stereocenters. The van der Waals surface area contributed by atoms with Crippen LogP contribution in [0.25, 0.3) is 0 Å². The average Bonchev–Trinajstić information content (AvgIpc) is 3.53. The first kappa shape index (κ1) is 47.7. The fourth-order valence-electron chi connectivity index (χ4n) is 19.2. The predicted octanol–water partition coefficient (Wildman–Crippen LogP) is 15.6. The van der Waals surface area contributed by atoms with Crippen LogP contribution in [0, 0.1) is 81.9 Å². The molecule has 8 saturated carbocycles. The molecule has 8 aliphatic carbocycles. The zero-order chi connectivity index (χ0) is 50.9. The topological polar surface area (TPSA) is 0 Å². The Balaban J connectivity index is 1.25. The summed E-state index contributed by atoms with van der Waals surface area (Å²) in [5.74, 6) is 42.8. The van der Waals surface area contributed by atoms with Crippen LogP contribution in [-0.4, -0.2) is 0 Å². The summed E-state index contributed by atoms with van der Waals surface area (Å²) in [6.07, 6.45) is 13.0. The van der Waals surface area contributed by atoms with Crippen LogP contribution < -0.4 is 0 Å². The molecule has 362 valence electrons. The third-order valence-electron chi connectivity index (χ3n) is 19.8. The summed E-state index contributed by atoms with van der Waals surface area (Å²) in [6, 6.07) is 55.9. The van der Waals surface area contributed by atoms with Gasteiger partial charge in [-0.1, -0.05) is 145 Å². The molecule has 0 amide bonds. The first-order chi connectivity index (χ1) is 36.1. The monoisotopic (exact) mass is 955 g/mol. The molecule has 14 rings (SSSR count). The first-order valence-electron chi connectivity index (χ1n) is 27.2. The van der Waals surface area contributed by atoms with Crippen LogP contribution in [0.5, 0.6) is 0 Å². The molecule has 0 heterocycles. The Labute approximate surface area is 443 Å². The van der Waals surface area contributed by atoms with Crippen molar-refractivity contribution in [3.05, 3.63) is 212 Å². The van der Waals surface area contributed by atoms with Gasteiger partial charge in [-0.2, -0.15) is 0 Å². The highest BCUT2D eigenvalue weighted by atomic mass is 14.8. The largest absolute Gasteiger partial charge is 0.101 e. The van der Waals surface area contributed by atoms with Gasteiger partial charge in [-0.05, 0) is 232 Å². The van der Waals surface area contributed by atoms with E-state index in [4.69, 9.17) is 0 Å². The summed E-state index contributed by atoms with van der Waals surface area (Å²) in [6.45, 7) is 12.1. The number of hydrogen-bond acceptors (Lipinski definition) is 0. The van der Waals surface area contributed by atoms with Crippen molar-refractivity contribution in [1.82, 2.24) is 0 Å². The van der Waals surface area contributed by atoms with Crippen LogP contribution in [0.2, 0.25) is 0 Å². The van der Waals surface area contributed by atoms with Gasteiger partial charge in [0.15, 0.2) is 0 Å². The van der Waals surface area contributed by atoms with Crippen molar-refractivity contribution in [1.29, 1.82) is 0 Å². The van der Waals surface area contributed by atoms with Gasteiger partial charge in [-0.3, -0.25) is 0 Å². The Morgan fingerprint density at radius 2 is 0.365 bits per heavy atom. The highest BCUT2D eigenvalue weighted by molar-refractivity contribution is 5.61. The maximum Gasteiger partial charge on any atom is 0.0282 e. The maximum atomic E-state index is 3.72. The quantitative estimate of drug-likeness (QED) is 0.140. The van der Waals surface area contributed by atoms with Gasteiger partial charge in [0.2, 0.25) is 0 Å². The second kappa shape index (κ2) is 17.7. The summed E-state index contributed by atoms with van der Waals surface area (Å²) in [4.78, 5) is 0. The normalized spacial score (nSPS) is 31.1. The molecule has 0 aromatic heterocycles. The van der Waals surface area contributed by atoms with E-state index in [1.165, 1.54) is 66.8 Å².